The molecule has 0 bridgehead atoms. The lowest BCUT2D eigenvalue weighted by Crippen LogP contribution is -2.22. The summed E-state index contributed by atoms with van der Waals surface area (Å²) >= 11 is 0. The van der Waals surface area contributed by atoms with E-state index in [2.05, 4.69) is 0 Å². The molecule has 0 saturated heterocycles. The molecule has 2 rings (SSSR count). The van der Waals surface area contributed by atoms with Crippen LogP contribution in [-0.2, 0) is 31.4 Å². The number of hydrogen-bond donors (Lipinski definition) is 1. The molecule has 0 unspecified atom stereocenters. The van der Waals surface area contributed by atoms with Crippen molar-refractivity contribution in [2.45, 2.75) is 16.4 Å². The number of benzene rings is 2. The highest BCUT2D eigenvalue weighted by Crippen LogP contribution is 2.24. The number of ether oxygens (including phenoxy) is 2. The van der Waals surface area contributed by atoms with Gasteiger partial charge < -0.3 is 9.47 Å². The number of hydrogen-bond acceptors (Lipinski definition) is 7. The second-order valence-electron chi connectivity index (χ2n) is 5.92. The molecule has 0 aliphatic rings. The second kappa shape index (κ2) is 8.27. The number of rotatable bonds is 7. The lowest BCUT2D eigenvalue weighted by molar-refractivity contribution is 0.0472. The van der Waals surface area contributed by atoms with E-state index in [1.54, 1.807) is 6.07 Å². The Kier molecular flexibility index (Phi) is 6.44. The molecule has 0 radical (unpaired) electrons. The number of esters is 1. The topological polar surface area (TPSA) is 133 Å². The molecule has 152 valence electrons. The van der Waals surface area contributed by atoms with Crippen LogP contribution in [0.3, 0.4) is 0 Å². The summed E-state index contributed by atoms with van der Waals surface area (Å²) < 4.78 is 58.8. The molecule has 28 heavy (non-hydrogen) atoms. The van der Waals surface area contributed by atoms with E-state index in [9.17, 15) is 21.6 Å². The lowest BCUT2D eigenvalue weighted by Gasteiger charge is -2.12. The molecular weight excluding hydrogens is 408 g/mol. The molecule has 2 aromatic rings. The molecule has 11 heteroatoms. The largest absolute Gasteiger partial charge is 0.495 e. The van der Waals surface area contributed by atoms with Crippen molar-refractivity contribution in [3.63, 3.8) is 0 Å². The minimum Gasteiger partial charge on any atom is -0.495 e. The highest BCUT2D eigenvalue weighted by Gasteiger charge is 2.20. The van der Waals surface area contributed by atoms with Crippen molar-refractivity contribution < 1.29 is 31.1 Å². The first-order valence-corrected chi connectivity index (χ1v) is 10.8. The Balaban J connectivity index is 2.22. The molecule has 0 aliphatic heterocycles. The van der Waals surface area contributed by atoms with E-state index in [1.807, 2.05) is 0 Å². The van der Waals surface area contributed by atoms with Crippen molar-refractivity contribution in [3.8, 4) is 5.75 Å². The standard InChI is InChI=1S/C17H20N2O7S2/c1-19(2)28(23,24)14-6-4-5-12(9-14)11-26-17(20)13-7-8-15(25-3)16(10-13)27(18,21)22/h4-10H,11H2,1-3H3,(H2,18,21,22). The molecular formula is C17H20N2O7S2. The molecule has 0 heterocycles. The van der Waals surface area contributed by atoms with Gasteiger partial charge >= 0.3 is 5.97 Å². The fourth-order valence-electron chi connectivity index (χ4n) is 2.26. The summed E-state index contributed by atoms with van der Waals surface area (Å²) in [6.45, 7) is -0.202. The zero-order chi connectivity index (χ0) is 21.1. The summed E-state index contributed by atoms with van der Waals surface area (Å²) in [4.78, 5) is 12.0. The fourth-order valence-corrected chi connectivity index (χ4v) is 3.96. The number of carbonyl (C=O) groups excluding carboxylic acids is 1. The van der Waals surface area contributed by atoms with E-state index in [0.29, 0.717) is 5.56 Å². The Morgan fingerprint density at radius 1 is 1.07 bits per heavy atom. The Labute approximate surface area is 163 Å². The van der Waals surface area contributed by atoms with Gasteiger partial charge in [-0.2, -0.15) is 0 Å². The predicted molar refractivity (Wildman–Crippen MR) is 101 cm³/mol. The van der Waals surface area contributed by atoms with Gasteiger partial charge in [-0.05, 0) is 35.9 Å². The van der Waals surface area contributed by atoms with Gasteiger partial charge in [-0.15, -0.1) is 0 Å². The molecule has 9 nitrogen and oxygen atoms in total. The van der Waals surface area contributed by atoms with E-state index < -0.39 is 26.0 Å². The third kappa shape index (κ3) is 4.87. The normalized spacial score (nSPS) is 12.0. The average Bonchev–Trinajstić information content (AvgIpc) is 2.65. The van der Waals surface area contributed by atoms with Crippen LogP contribution in [0.5, 0.6) is 5.75 Å². The maximum absolute atomic E-state index is 12.3. The maximum Gasteiger partial charge on any atom is 0.338 e. The Bertz CT molecular complexity index is 1090. The van der Waals surface area contributed by atoms with Gasteiger partial charge in [-0.1, -0.05) is 12.1 Å². The zero-order valence-electron chi connectivity index (χ0n) is 15.4. The Morgan fingerprint density at radius 2 is 1.75 bits per heavy atom. The van der Waals surface area contributed by atoms with Crippen LogP contribution in [0, 0.1) is 0 Å². The smallest absolute Gasteiger partial charge is 0.338 e. The van der Waals surface area contributed by atoms with Crippen molar-refractivity contribution >= 4 is 26.0 Å². The van der Waals surface area contributed by atoms with Gasteiger partial charge in [0.25, 0.3) is 0 Å². The van der Waals surface area contributed by atoms with Crippen molar-refractivity contribution in [2.24, 2.45) is 5.14 Å². The van der Waals surface area contributed by atoms with E-state index in [4.69, 9.17) is 14.6 Å². The van der Waals surface area contributed by atoms with Crippen molar-refractivity contribution in [1.29, 1.82) is 0 Å². The van der Waals surface area contributed by atoms with Gasteiger partial charge in [-0.3, -0.25) is 0 Å². The number of carbonyl (C=O) groups is 1. The molecule has 0 atom stereocenters. The molecule has 0 saturated carbocycles. The number of sulfonamides is 2. The van der Waals surface area contributed by atoms with Crippen LogP contribution >= 0.6 is 0 Å². The van der Waals surface area contributed by atoms with Crippen LogP contribution in [-0.4, -0.2) is 48.3 Å². The first kappa shape index (κ1) is 21.8. The summed E-state index contributed by atoms with van der Waals surface area (Å²) in [5, 5.41) is 5.13. The minimum atomic E-state index is -4.10. The summed E-state index contributed by atoms with van der Waals surface area (Å²) in [6, 6.07) is 9.65. The number of nitrogens with zero attached hydrogens (tertiary/aromatic N) is 1. The van der Waals surface area contributed by atoms with Gasteiger partial charge in [0.05, 0.1) is 17.6 Å². The summed E-state index contributed by atoms with van der Waals surface area (Å²) in [5.74, 6) is -0.797. The number of methoxy groups -OCH3 is 1. The zero-order valence-corrected chi connectivity index (χ0v) is 17.1. The quantitative estimate of drug-likeness (QED) is 0.649. The molecule has 0 aromatic heterocycles. The molecule has 2 aromatic carbocycles. The third-order valence-electron chi connectivity index (χ3n) is 3.75. The summed E-state index contributed by atoms with van der Waals surface area (Å²) in [7, 11) is -3.63. The third-order valence-corrected chi connectivity index (χ3v) is 6.50. The second-order valence-corrected chi connectivity index (χ2v) is 9.60. The Morgan fingerprint density at radius 3 is 2.32 bits per heavy atom. The van der Waals surface area contributed by atoms with Gasteiger partial charge in [-0.25, -0.2) is 31.1 Å². The van der Waals surface area contributed by atoms with Gasteiger partial charge in [0.1, 0.15) is 17.3 Å². The van der Waals surface area contributed by atoms with Crippen LogP contribution in [0.15, 0.2) is 52.3 Å². The van der Waals surface area contributed by atoms with Gasteiger partial charge in [0, 0.05) is 14.1 Å². The number of primary sulfonamides is 1. The van der Waals surface area contributed by atoms with Crippen molar-refractivity contribution in [2.75, 3.05) is 21.2 Å². The molecule has 0 fully saturated rings. The van der Waals surface area contributed by atoms with Crippen molar-refractivity contribution in [1.82, 2.24) is 4.31 Å². The van der Waals surface area contributed by atoms with Crippen LogP contribution in [0.1, 0.15) is 15.9 Å². The number of nitrogens with two attached hydrogens (primary N) is 1. The average molecular weight is 428 g/mol. The van der Waals surface area contributed by atoms with Gasteiger partial charge in [0.15, 0.2) is 0 Å². The lowest BCUT2D eigenvalue weighted by atomic mass is 10.2. The van der Waals surface area contributed by atoms with E-state index in [0.717, 1.165) is 10.4 Å². The van der Waals surface area contributed by atoms with E-state index in [-0.39, 0.29) is 27.7 Å². The molecule has 0 aliphatic carbocycles. The highest BCUT2D eigenvalue weighted by molar-refractivity contribution is 7.89. The van der Waals surface area contributed by atoms with Crippen LogP contribution < -0.4 is 9.88 Å². The van der Waals surface area contributed by atoms with Crippen LogP contribution in [0.25, 0.3) is 0 Å². The van der Waals surface area contributed by atoms with Crippen molar-refractivity contribution in [3.05, 3.63) is 53.6 Å². The summed E-state index contributed by atoms with van der Waals surface area (Å²) in [6.07, 6.45) is 0. The highest BCUT2D eigenvalue weighted by atomic mass is 32.2. The summed E-state index contributed by atoms with van der Waals surface area (Å²) in [5.41, 5.74) is 0.415. The van der Waals surface area contributed by atoms with Crippen LogP contribution in [0.2, 0.25) is 0 Å². The molecule has 0 spiro atoms. The SMILES string of the molecule is COc1ccc(C(=O)OCc2cccc(S(=O)(=O)N(C)C)c2)cc1S(N)(=O)=O. The minimum absolute atomic E-state index is 0.000596. The molecule has 0 amide bonds. The predicted octanol–water partition coefficient (Wildman–Crippen LogP) is 0.950. The van der Waals surface area contributed by atoms with E-state index in [1.165, 1.54) is 51.5 Å². The monoisotopic (exact) mass is 428 g/mol. The molecule has 2 N–H and O–H groups in total. The van der Waals surface area contributed by atoms with Gasteiger partial charge in [0.2, 0.25) is 20.0 Å². The first-order chi connectivity index (χ1) is 13.0. The van der Waals surface area contributed by atoms with Crippen LogP contribution in [0.4, 0.5) is 0 Å². The maximum atomic E-state index is 12.3. The fraction of sp³-hybridized carbons (Fsp3) is 0.235. The Hall–Kier alpha value is -2.47. The van der Waals surface area contributed by atoms with E-state index >= 15 is 0 Å². The first-order valence-electron chi connectivity index (χ1n) is 7.86.